The molecule has 0 atom stereocenters. The van der Waals surface area contributed by atoms with Gasteiger partial charge in [0.1, 0.15) is 6.54 Å². The van der Waals surface area contributed by atoms with Crippen molar-refractivity contribution in [2.24, 2.45) is 0 Å². The molecule has 0 unspecified atom stereocenters. The number of carbonyl (C=O) groups is 4. The van der Waals surface area contributed by atoms with Gasteiger partial charge in [-0.3, -0.25) is 19.2 Å². The van der Waals surface area contributed by atoms with Crippen molar-refractivity contribution in [3.05, 3.63) is 53.6 Å². The third kappa shape index (κ3) is 4.85. The molecule has 2 heterocycles. The molecule has 8 heteroatoms. The number of carbonyl (C=O) groups excluding carboxylic acids is 4. The third-order valence-corrected chi connectivity index (χ3v) is 6.69. The Morgan fingerprint density at radius 2 is 1.78 bits per heavy atom. The van der Waals surface area contributed by atoms with E-state index in [2.05, 4.69) is 5.32 Å². The Morgan fingerprint density at radius 1 is 1.00 bits per heavy atom. The van der Waals surface area contributed by atoms with E-state index < -0.39 is 0 Å². The molecule has 1 fully saturated rings. The first-order valence-electron chi connectivity index (χ1n) is 10.7. The molecule has 2 aromatic carbocycles. The zero-order valence-electron chi connectivity index (χ0n) is 17.9. The van der Waals surface area contributed by atoms with Gasteiger partial charge in [-0.25, -0.2) is 0 Å². The SMILES string of the molecule is CC(=O)c1cccc(NC(=O)CN2C(=O)CSc3ccc(C(=O)N4CCCCC4)cc32)c1. The van der Waals surface area contributed by atoms with Gasteiger partial charge in [0.05, 0.1) is 11.4 Å². The summed E-state index contributed by atoms with van der Waals surface area (Å²) >= 11 is 1.41. The molecule has 1 saturated heterocycles. The number of nitrogens with one attached hydrogen (secondary N) is 1. The minimum absolute atomic E-state index is 0.0408. The topological polar surface area (TPSA) is 86.8 Å². The number of ketones is 1. The average molecular weight is 452 g/mol. The molecule has 2 aliphatic rings. The normalized spacial score (nSPS) is 15.8. The van der Waals surface area contributed by atoms with Gasteiger partial charge in [-0.05, 0) is 56.5 Å². The summed E-state index contributed by atoms with van der Waals surface area (Å²) in [5.41, 5.74) is 2.11. The molecule has 0 radical (unpaired) electrons. The Kier molecular flexibility index (Phi) is 6.60. The van der Waals surface area contributed by atoms with Gasteiger partial charge in [-0.2, -0.15) is 0 Å². The van der Waals surface area contributed by atoms with Crippen molar-refractivity contribution in [3.63, 3.8) is 0 Å². The summed E-state index contributed by atoms with van der Waals surface area (Å²) < 4.78 is 0. The highest BCUT2D eigenvalue weighted by Gasteiger charge is 2.28. The number of hydrogen-bond donors (Lipinski definition) is 1. The number of rotatable bonds is 5. The van der Waals surface area contributed by atoms with Gasteiger partial charge in [0.25, 0.3) is 5.91 Å². The molecule has 3 amide bonds. The predicted molar refractivity (Wildman–Crippen MR) is 124 cm³/mol. The van der Waals surface area contributed by atoms with E-state index in [0.717, 1.165) is 37.2 Å². The molecule has 2 aromatic rings. The molecule has 1 N–H and O–H groups in total. The Labute approximate surface area is 191 Å². The molecule has 0 saturated carbocycles. The number of anilines is 2. The first-order valence-corrected chi connectivity index (χ1v) is 11.7. The molecule has 0 bridgehead atoms. The molecule has 2 aliphatic heterocycles. The van der Waals surface area contributed by atoms with Crippen LogP contribution in [0.3, 0.4) is 0 Å². The maximum Gasteiger partial charge on any atom is 0.253 e. The van der Waals surface area contributed by atoms with Gasteiger partial charge in [0, 0.05) is 34.8 Å². The van der Waals surface area contributed by atoms with Gasteiger partial charge >= 0.3 is 0 Å². The maximum atomic E-state index is 12.9. The maximum absolute atomic E-state index is 12.9. The second-order valence-electron chi connectivity index (χ2n) is 7.99. The van der Waals surface area contributed by atoms with Gasteiger partial charge < -0.3 is 15.1 Å². The van der Waals surface area contributed by atoms with Crippen molar-refractivity contribution < 1.29 is 19.2 Å². The van der Waals surface area contributed by atoms with Crippen LogP contribution in [0, 0.1) is 0 Å². The van der Waals surface area contributed by atoms with Crippen molar-refractivity contribution in [2.75, 3.05) is 35.6 Å². The van der Waals surface area contributed by atoms with Crippen LogP contribution in [0.2, 0.25) is 0 Å². The number of benzene rings is 2. The zero-order chi connectivity index (χ0) is 22.7. The van der Waals surface area contributed by atoms with Crippen molar-refractivity contribution in [2.45, 2.75) is 31.1 Å². The van der Waals surface area contributed by atoms with Crippen molar-refractivity contribution >= 4 is 46.6 Å². The van der Waals surface area contributed by atoms with E-state index in [4.69, 9.17) is 0 Å². The molecule has 0 aliphatic carbocycles. The highest BCUT2D eigenvalue weighted by molar-refractivity contribution is 8.00. The number of Topliss-reactive ketones (excluding diaryl/α,β-unsaturated/α-hetero) is 1. The summed E-state index contributed by atoms with van der Waals surface area (Å²) in [6.07, 6.45) is 3.14. The molecule has 32 heavy (non-hydrogen) atoms. The fourth-order valence-corrected chi connectivity index (χ4v) is 4.86. The lowest BCUT2D eigenvalue weighted by Gasteiger charge is -2.30. The van der Waals surface area contributed by atoms with Gasteiger partial charge in [0.2, 0.25) is 11.8 Å². The Bertz CT molecular complexity index is 1080. The predicted octanol–water partition coefficient (Wildman–Crippen LogP) is 3.59. The molecular formula is C24H25N3O4S. The van der Waals surface area contributed by atoms with E-state index in [9.17, 15) is 19.2 Å². The van der Waals surface area contributed by atoms with E-state index in [1.807, 2.05) is 11.0 Å². The van der Waals surface area contributed by atoms with E-state index in [1.165, 1.54) is 23.6 Å². The molecular weight excluding hydrogens is 426 g/mol. The van der Waals surface area contributed by atoms with Crippen LogP contribution in [0.1, 0.15) is 46.9 Å². The van der Waals surface area contributed by atoms with Crippen molar-refractivity contribution in [1.82, 2.24) is 4.90 Å². The monoisotopic (exact) mass is 451 g/mol. The summed E-state index contributed by atoms with van der Waals surface area (Å²) in [5, 5.41) is 2.76. The minimum atomic E-state index is -0.371. The quantitative estimate of drug-likeness (QED) is 0.702. The summed E-state index contributed by atoms with van der Waals surface area (Å²) in [6, 6.07) is 12.1. The smallest absolute Gasteiger partial charge is 0.253 e. The third-order valence-electron chi connectivity index (χ3n) is 5.65. The standard InChI is InChI=1S/C24H25N3O4S/c1-16(28)17-6-5-7-19(12-17)25-22(29)14-27-20-13-18(8-9-21(20)32-15-23(27)30)24(31)26-10-3-2-4-11-26/h5-9,12-13H,2-4,10-11,14-15H2,1H3,(H,25,29). The fraction of sp³-hybridized carbons (Fsp3) is 0.333. The van der Waals surface area contributed by atoms with Crippen LogP contribution < -0.4 is 10.2 Å². The van der Waals surface area contributed by atoms with E-state index in [-0.39, 0.29) is 35.8 Å². The largest absolute Gasteiger partial charge is 0.339 e. The lowest BCUT2D eigenvalue weighted by molar-refractivity contribution is -0.120. The summed E-state index contributed by atoms with van der Waals surface area (Å²) in [6.45, 7) is 2.78. The van der Waals surface area contributed by atoms with Gasteiger partial charge in [-0.1, -0.05) is 12.1 Å². The average Bonchev–Trinajstić information content (AvgIpc) is 2.81. The summed E-state index contributed by atoms with van der Waals surface area (Å²) in [4.78, 5) is 54.0. The number of nitrogens with zero attached hydrogens (tertiary/aromatic N) is 2. The van der Waals surface area contributed by atoms with Gasteiger partial charge in [0.15, 0.2) is 5.78 Å². The highest BCUT2D eigenvalue weighted by Crippen LogP contribution is 2.36. The van der Waals surface area contributed by atoms with Crippen LogP contribution in [0.5, 0.6) is 0 Å². The highest BCUT2D eigenvalue weighted by atomic mass is 32.2. The number of fused-ring (bicyclic) bond motifs is 1. The lowest BCUT2D eigenvalue weighted by Crippen LogP contribution is -2.41. The molecule has 166 valence electrons. The minimum Gasteiger partial charge on any atom is -0.339 e. The van der Waals surface area contributed by atoms with Crippen LogP contribution in [-0.2, 0) is 9.59 Å². The summed E-state index contributed by atoms with van der Waals surface area (Å²) in [7, 11) is 0. The van der Waals surface area contributed by atoms with Crippen molar-refractivity contribution in [3.8, 4) is 0 Å². The van der Waals surface area contributed by atoms with E-state index in [0.29, 0.717) is 22.5 Å². The second kappa shape index (κ2) is 9.56. The molecule has 4 rings (SSSR count). The number of hydrogen-bond acceptors (Lipinski definition) is 5. The van der Waals surface area contributed by atoms with Gasteiger partial charge in [-0.15, -0.1) is 11.8 Å². The number of amides is 3. The fourth-order valence-electron chi connectivity index (χ4n) is 3.95. The van der Waals surface area contributed by atoms with Crippen LogP contribution in [-0.4, -0.2) is 53.8 Å². The van der Waals surface area contributed by atoms with Crippen LogP contribution >= 0.6 is 11.8 Å². The van der Waals surface area contributed by atoms with Crippen LogP contribution in [0.4, 0.5) is 11.4 Å². The molecule has 0 aromatic heterocycles. The van der Waals surface area contributed by atoms with Crippen LogP contribution in [0.15, 0.2) is 47.4 Å². The zero-order valence-corrected chi connectivity index (χ0v) is 18.7. The Hall–Kier alpha value is -3.13. The number of thioether (sulfide) groups is 1. The molecule has 7 nitrogen and oxygen atoms in total. The molecule has 0 spiro atoms. The van der Waals surface area contributed by atoms with Crippen molar-refractivity contribution in [1.29, 1.82) is 0 Å². The lowest BCUT2D eigenvalue weighted by atomic mass is 10.1. The second-order valence-corrected chi connectivity index (χ2v) is 9.01. The van der Waals surface area contributed by atoms with E-state index >= 15 is 0 Å². The Morgan fingerprint density at radius 3 is 2.53 bits per heavy atom. The van der Waals surface area contributed by atoms with E-state index in [1.54, 1.807) is 36.4 Å². The Balaban J connectivity index is 1.53. The first-order chi connectivity index (χ1) is 15.4. The number of likely N-dealkylation sites (tertiary alicyclic amines) is 1. The number of piperidine rings is 1. The van der Waals surface area contributed by atoms with Crippen LogP contribution in [0.25, 0.3) is 0 Å². The first kappa shape index (κ1) is 22.1. The summed E-state index contributed by atoms with van der Waals surface area (Å²) in [5.74, 6) is -0.452.